The predicted molar refractivity (Wildman–Crippen MR) is 80.2 cm³/mol. The summed E-state index contributed by atoms with van der Waals surface area (Å²) in [6.45, 7) is 2.38. The lowest BCUT2D eigenvalue weighted by atomic mass is 9.97. The molecule has 5 heteroatoms. The van der Waals surface area contributed by atoms with E-state index in [0.717, 1.165) is 5.56 Å². The van der Waals surface area contributed by atoms with Gasteiger partial charge in [-0.3, -0.25) is 9.59 Å². The van der Waals surface area contributed by atoms with Gasteiger partial charge >= 0.3 is 0 Å². The Morgan fingerprint density at radius 3 is 2.40 bits per heavy atom. The molecule has 1 aromatic rings. The number of amides is 2. The van der Waals surface area contributed by atoms with Crippen molar-refractivity contribution >= 4 is 17.5 Å². The minimum atomic E-state index is -0.0409. The van der Waals surface area contributed by atoms with Gasteiger partial charge in [-0.05, 0) is 23.6 Å². The largest absolute Gasteiger partial charge is 0.399 e. The van der Waals surface area contributed by atoms with Crippen LogP contribution < -0.4 is 11.1 Å². The van der Waals surface area contributed by atoms with Gasteiger partial charge in [-0.15, -0.1) is 0 Å². The summed E-state index contributed by atoms with van der Waals surface area (Å²) < 4.78 is 0. The summed E-state index contributed by atoms with van der Waals surface area (Å²) in [6.07, 6.45) is 0.731. The van der Waals surface area contributed by atoms with Crippen molar-refractivity contribution in [3.63, 3.8) is 0 Å². The van der Waals surface area contributed by atoms with Gasteiger partial charge in [-0.25, -0.2) is 0 Å². The summed E-state index contributed by atoms with van der Waals surface area (Å²) in [5.74, 6) is 0.0953. The van der Waals surface area contributed by atoms with E-state index in [9.17, 15) is 9.59 Å². The number of nitrogens with one attached hydrogen (secondary N) is 1. The smallest absolute Gasteiger partial charge is 0.223 e. The van der Waals surface area contributed by atoms with Crippen LogP contribution in [0.1, 0.15) is 31.2 Å². The molecule has 2 amide bonds. The molecule has 0 bridgehead atoms. The SMILES string of the molecule is CC(CC(=O)NCCC(=O)N(C)C)c1ccc(N)cc1. The highest BCUT2D eigenvalue weighted by molar-refractivity contribution is 5.79. The maximum Gasteiger partial charge on any atom is 0.223 e. The summed E-state index contributed by atoms with van der Waals surface area (Å²) in [7, 11) is 3.40. The molecule has 0 heterocycles. The molecule has 0 aliphatic carbocycles. The summed E-state index contributed by atoms with van der Waals surface area (Å²) in [5.41, 5.74) is 7.43. The molecule has 0 saturated carbocycles. The lowest BCUT2D eigenvalue weighted by Crippen LogP contribution is -2.30. The summed E-state index contributed by atoms with van der Waals surface area (Å²) in [4.78, 5) is 24.7. The zero-order valence-electron chi connectivity index (χ0n) is 12.3. The van der Waals surface area contributed by atoms with E-state index in [1.807, 2.05) is 31.2 Å². The van der Waals surface area contributed by atoms with Crippen LogP contribution in [0.25, 0.3) is 0 Å². The first-order valence-corrected chi connectivity index (χ1v) is 6.72. The van der Waals surface area contributed by atoms with Gasteiger partial charge in [0, 0.05) is 39.2 Å². The molecule has 1 aromatic carbocycles. The Kier molecular flexibility index (Phi) is 6.03. The quantitative estimate of drug-likeness (QED) is 0.771. The molecule has 1 rings (SSSR count). The third-order valence-electron chi connectivity index (χ3n) is 3.16. The molecule has 20 heavy (non-hydrogen) atoms. The molecule has 0 spiro atoms. The van der Waals surface area contributed by atoms with Crippen LogP contribution in [-0.2, 0) is 9.59 Å². The maximum atomic E-state index is 11.8. The average Bonchev–Trinajstić information content (AvgIpc) is 2.39. The highest BCUT2D eigenvalue weighted by Crippen LogP contribution is 2.19. The van der Waals surface area contributed by atoms with Crippen molar-refractivity contribution < 1.29 is 9.59 Å². The van der Waals surface area contributed by atoms with E-state index in [1.165, 1.54) is 4.90 Å². The Hall–Kier alpha value is -2.04. The van der Waals surface area contributed by atoms with Gasteiger partial charge in [0.2, 0.25) is 11.8 Å². The van der Waals surface area contributed by atoms with Crippen molar-refractivity contribution in [1.29, 1.82) is 0 Å². The van der Waals surface area contributed by atoms with E-state index in [1.54, 1.807) is 14.1 Å². The van der Waals surface area contributed by atoms with Crippen molar-refractivity contribution in [2.45, 2.75) is 25.7 Å². The molecule has 0 saturated heterocycles. The Balaban J connectivity index is 2.35. The molecule has 0 aromatic heterocycles. The Bertz CT molecular complexity index is 455. The number of carbonyl (C=O) groups excluding carboxylic acids is 2. The molecule has 5 nitrogen and oxygen atoms in total. The van der Waals surface area contributed by atoms with Crippen LogP contribution in [0, 0.1) is 0 Å². The number of hydrogen-bond acceptors (Lipinski definition) is 3. The highest BCUT2D eigenvalue weighted by atomic mass is 16.2. The van der Waals surface area contributed by atoms with Gasteiger partial charge in [0.25, 0.3) is 0 Å². The van der Waals surface area contributed by atoms with Crippen LogP contribution in [0.3, 0.4) is 0 Å². The van der Waals surface area contributed by atoms with Crippen LogP contribution >= 0.6 is 0 Å². The number of hydrogen-bond donors (Lipinski definition) is 2. The van der Waals surface area contributed by atoms with Crippen molar-refractivity contribution in [3.05, 3.63) is 29.8 Å². The lowest BCUT2D eigenvalue weighted by molar-refractivity contribution is -0.128. The number of carbonyl (C=O) groups is 2. The van der Waals surface area contributed by atoms with Crippen molar-refractivity contribution in [3.8, 4) is 0 Å². The number of anilines is 1. The summed E-state index contributed by atoms with van der Waals surface area (Å²) >= 11 is 0. The van der Waals surface area contributed by atoms with Crippen LogP contribution in [0.15, 0.2) is 24.3 Å². The predicted octanol–water partition coefficient (Wildman–Crippen LogP) is 1.36. The van der Waals surface area contributed by atoms with Crippen LogP contribution in [0.2, 0.25) is 0 Å². The van der Waals surface area contributed by atoms with E-state index < -0.39 is 0 Å². The standard InChI is InChI=1S/C15H23N3O2/c1-11(12-4-6-13(16)7-5-12)10-14(19)17-9-8-15(20)18(2)3/h4-7,11H,8-10,16H2,1-3H3,(H,17,19). The zero-order chi connectivity index (χ0) is 15.1. The molecule has 110 valence electrons. The topological polar surface area (TPSA) is 75.4 Å². The zero-order valence-corrected chi connectivity index (χ0v) is 12.3. The number of benzene rings is 1. The summed E-state index contributed by atoms with van der Waals surface area (Å²) in [6, 6.07) is 7.53. The number of nitrogen functional groups attached to an aromatic ring is 1. The molecule has 0 fully saturated rings. The Labute approximate surface area is 120 Å². The number of nitrogens with two attached hydrogens (primary N) is 1. The van der Waals surface area contributed by atoms with E-state index in [2.05, 4.69) is 5.32 Å². The molecule has 1 atom stereocenters. The monoisotopic (exact) mass is 277 g/mol. The fourth-order valence-corrected chi connectivity index (χ4v) is 1.83. The van der Waals surface area contributed by atoms with Gasteiger partial charge in [0.05, 0.1) is 0 Å². The Morgan fingerprint density at radius 1 is 1.25 bits per heavy atom. The van der Waals surface area contributed by atoms with Crippen molar-refractivity contribution in [2.75, 3.05) is 26.4 Å². The van der Waals surface area contributed by atoms with E-state index in [-0.39, 0.29) is 17.7 Å². The molecular weight excluding hydrogens is 254 g/mol. The van der Waals surface area contributed by atoms with Crippen LogP contribution in [-0.4, -0.2) is 37.4 Å². The lowest BCUT2D eigenvalue weighted by Gasteiger charge is -2.13. The normalized spacial score (nSPS) is 11.8. The highest BCUT2D eigenvalue weighted by Gasteiger charge is 2.11. The minimum absolute atomic E-state index is 0.0110. The van der Waals surface area contributed by atoms with Crippen molar-refractivity contribution in [2.24, 2.45) is 0 Å². The van der Waals surface area contributed by atoms with Gasteiger partial charge in [0.1, 0.15) is 0 Å². The minimum Gasteiger partial charge on any atom is -0.399 e. The van der Waals surface area contributed by atoms with Gasteiger partial charge in [-0.2, -0.15) is 0 Å². The van der Waals surface area contributed by atoms with Gasteiger partial charge in [0.15, 0.2) is 0 Å². The maximum absolute atomic E-state index is 11.8. The summed E-state index contributed by atoms with van der Waals surface area (Å²) in [5, 5.41) is 2.77. The molecule has 0 aliphatic heterocycles. The molecule has 0 aliphatic rings. The van der Waals surface area contributed by atoms with E-state index >= 15 is 0 Å². The van der Waals surface area contributed by atoms with Crippen LogP contribution in [0.4, 0.5) is 5.69 Å². The second-order valence-corrected chi connectivity index (χ2v) is 5.16. The first kappa shape index (κ1) is 16.0. The van der Waals surface area contributed by atoms with E-state index in [0.29, 0.717) is 25.1 Å². The first-order valence-electron chi connectivity index (χ1n) is 6.72. The van der Waals surface area contributed by atoms with E-state index in [4.69, 9.17) is 5.73 Å². The Morgan fingerprint density at radius 2 is 1.85 bits per heavy atom. The third kappa shape index (κ3) is 5.30. The van der Waals surface area contributed by atoms with Crippen LogP contribution in [0.5, 0.6) is 0 Å². The number of nitrogens with zero attached hydrogens (tertiary/aromatic N) is 1. The van der Waals surface area contributed by atoms with Gasteiger partial charge < -0.3 is 16.0 Å². The second-order valence-electron chi connectivity index (χ2n) is 5.16. The van der Waals surface area contributed by atoms with Crippen molar-refractivity contribution in [1.82, 2.24) is 10.2 Å². The fourth-order valence-electron chi connectivity index (χ4n) is 1.83. The molecule has 1 unspecified atom stereocenters. The molecule has 3 N–H and O–H groups in total. The first-order chi connectivity index (χ1) is 9.40. The third-order valence-corrected chi connectivity index (χ3v) is 3.16. The fraction of sp³-hybridized carbons (Fsp3) is 0.467. The molecular formula is C15H23N3O2. The molecule has 0 radical (unpaired) electrons. The number of rotatable bonds is 6. The van der Waals surface area contributed by atoms with Gasteiger partial charge in [-0.1, -0.05) is 19.1 Å². The second kappa shape index (κ2) is 7.53. The average molecular weight is 277 g/mol.